The van der Waals surface area contributed by atoms with Crippen LogP contribution in [-0.2, 0) is 11.2 Å². The number of hydrogen-bond donors (Lipinski definition) is 2. The fourth-order valence-corrected chi connectivity index (χ4v) is 5.62. The summed E-state index contributed by atoms with van der Waals surface area (Å²) in [6.07, 6.45) is 4.96. The zero-order valence-corrected chi connectivity index (χ0v) is 17.9. The smallest absolute Gasteiger partial charge is 0.155 e. The molecule has 3 fully saturated rings. The second kappa shape index (κ2) is 7.41. The number of nitrogens with one attached hydrogen (secondary N) is 1. The minimum absolute atomic E-state index is 0.0108. The van der Waals surface area contributed by atoms with Crippen LogP contribution < -0.4 is 5.32 Å². The topological polar surface area (TPSA) is 70.5 Å². The molecule has 2 N–H and O–H groups in total. The molecule has 31 heavy (non-hydrogen) atoms. The molecule has 1 aromatic heterocycles. The van der Waals surface area contributed by atoms with Crippen LogP contribution in [-0.4, -0.2) is 58.7 Å². The van der Waals surface area contributed by atoms with Gasteiger partial charge >= 0.3 is 0 Å². The van der Waals surface area contributed by atoms with E-state index in [0.29, 0.717) is 24.7 Å². The van der Waals surface area contributed by atoms with E-state index in [9.17, 15) is 9.50 Å². The SMILES string of the molecule is CN1C[C@H](F)C[C@@H](Nc2nnc(-c3ccc(C4CC4)cc3O)c3c2[C@@H]2CC[C@H](C3)O2)C1. The number of rotatable bonds is 4. The quantitative estimate of drug-likeness (QED) is 0.774. The minimum Gasteiger partial charge on any atom is -0.507 e. The Hall–Kier alpha value is -2.25. The first-order chi connectivity index (χ1) is 15.0. The van der Waals surface area contributed by atoms with Crippen molar-refractivity contribution in [3.63, 3.8) is 0 Å². The van der Waals surface area contributed by atoms with Crippen molar-refractivity contribution >= 4 is 5.82 Å². The first-order valence-electron chi connectivity index (χ1n) is 11.5. The summed E-state index contributed by atoms with van der Waals surface area (Å²) in [4.78, 5) is 2.02. The molecule has 1 aliphatic carbocycles. The monoisotopic (exact) mass is 424 g/mol. The molecule has 4 atom stereocenters. The molecule has 6 rings (SSSR count). The Balaban J connectivity index is 1.39. The molecule has 2 saturated heterocycles. The first-order valence-corrected chi connectivity index (χ1v) is 11.5. The Bertz CT molecular complexity index is 1000. The Morgan fingerprint density at radius 2 is 2.03 bits per heavy atom. The van der Waals surface area contributed by atoms with Crippen LogP contribution in [0.1, 0.15) is 60.8 Å². The first kappa shape index (κ1) is 19.4. The highest BCUT2D eigenvalue weighted by atomic mass is 19.1. The molecule has 0 radical (unpaired) electrons. The van der Waals surface area contributed by atoms with E-state index in [1.54, 1.807) is 0 Å². The second-order valence-electron chi connectivity index (χ2n) is 9.76. The zero-order valence-electron chi connectivity index (χ0n) is 17.9. The van der Waals surface area contributed by atoms with Gasteiger partial charge in [-0.2, -0.15) is 0 Å². The molecular formula is C24H29FN4O2. The van der Waals surface area contributed by atoms with Crippen molar-refractivity contribution in [1.82, 2.24) is 15.1 Å². The number of aromatic hydroxyl groups is 1. The Morgan fingerprint density at radius 1 is 1.16 bits per heavy atom. The average molecular weight is 425 g/mol. The molecule has 6 nitrogen and oxygen atoms in total. The van der Waals surface area contributed by atoms with Crippen LogP contribution in [0, 0.1) is 0 Å². The van der Waals surface area contributed by atoms with Gasteiger partial charge in [-0.25, -0.2) is 4.39 Å². The summed E-state index contributed by atoms with van der Waals surface area (Å²) < 4.78 is 20.3. The van der Waals surface area contributed by atoms with Gasteiger partial charge in [-0.3, -0.25) is 0 Å². The number of benzene rings is 1. The van der Waals surface area contributed by atoms with Crippen LogP contribution in [0.5, 0.6) is 5.75 Å². The summed E-state index contributed by atoms with van der Waals surface area (Å²) in [5, 5.41) is 23.4. The summed E-state index contributed by atoms with van der Waals surface area (Å²) in [5.41, 5.74) is 4.86. The highest BCUT2D eigenvalue weighted by Crippen LogP contribution is 2.48. The summed E-state index contributed by atoms with van der Waals surface area (Å²) >= 11 is 0. The van der Waals surface area contributed by atoms with E-state index in [2.05, 4.69) is 21.6 Å². The van der Waals surface area contributed by atoms with Crippen molar-refractivity contribution in [1.29, 1.82) is 0 Å². The lowest BCUT2D eigenvalue weighted by Crippen LogP contribution is -2.45. The van der Waals surface area contributed by atoms with E-state index < -0.39 is 6.17 Å². The lowest BCUT2D eigenvalue weighted by molar-refractivity contribution is 0.0325. The van der Waals surface area contributed by atoms with E-state index in [1.165, 1.54) is 18.4 Å². The molecule has 4 heterocycles. The van der Waals surface area contributed by atoms with E-state index >= 15 is 0 Å². The third kappa shape index (κ3) is 3.57. The maximum Gasteiger partial charge on any atom is 0.155 e. The Morgan fingerprint density at radius 3 is 2.81 bits per heavy atom. The maximum atomic E-state index is 14.1. The summed E-state index contributed by atoms with van der Waals surface area (Å²) in [7, 11) is 1.95. The van der Waals surface area contributed by atoms with Gasteiger partial charge < -0.3 is 20.1 Å². The number of hydrogen-bond acceptors (Lipinski definition) is 6. The number of likely N-dealkylation sites (N-methyl/N-ethyl adjacent to an activating group) is 1. The highest BCUT2D eigenvalue weighted by Gasteiger charge is 2.39. The van der Waals surface area contributed by atoms with Gasteiger partial charge in [0.2, 0.25) is 0 Å². The standard InChI is InChI=1S/C24H29FN4O2/c1-29-11-15(25)9-16(12-29)26-24-22-19(10-17-5-7-21(22)31-17)23(27-28-24)18-6-4-14(8-20(18)30)13-2-3-13/h4,6,8,13,15-17,21,30H,2-3,5,7,9-12H2,1H3,(H,26,28)/t15-,16-,17-,21+/m1/s1. The second-order valence-corrected chi connectivity index (χ2v) is 9.76. The predicted octanol–water partition coefficient (Wildman–Crippen LogP) is 3.96. The number of piperidine rings is 1. The molecular weight excluding hydrogens is 395 g/mol. The van der Waals surface area contributed by atoms with Gasteiger partial charge in [0.15, 0.2) is 5.82 Å². The molecule has 0 amide bonds. The number of anilines is 1. The molecule has 0 spiro atoms. The van der Waals surface area contributed by atoms with Crippen molar-refractivity contribution < 1.29 is 14.2 Å². The zero-order chi connectivity index (χ0) is 21.1. The number of fused-ring (bicyclic) bond motifs is 4. The fraction of sp³-hybridized carbons (Fsp3) is 0.583. The number of likely N-dealkylation sites (tertiary alicyclic amines) is 1. The maximum absolute atomic E-state index is 14.1. The van der Waals surface area contributed by atoms with Gasteiger partial charge in [-0.05, 0) is 61.9 Å². The van der Waals surface area contributed by atoms with Gasteiger partial charge in [0.05, 0.1) is 12.2 Å². The van der Waals surface area contributed by atoms with Crippen LogP contribution in [0.2, 0.25) is 0 Å². The number of nitrogens with zero attached hydrogens (tertiary/aromatic N) is 3. The van der Waals surface area contributed by atoms with Crippen molar-refractivity contribution in [2.75, 3.05) is 25.5 Å². The fourth-order valence-electron chi connectivity index (χ4n) is 5.62. The Kier molecular flexibility index (Phi) is 4.65. The molecule has 1 aromatic carbocycles. The average Bonchev–Trinajstić information content (AvgIpc) is 3.51. The molecule has 1 saturated carbocycles. The van der Waals surface area contributed by atoms with Crippen molar-refractivity contribution in [2.24, 2.45) is 0 Å². The molecule has 0 unspecified atom stereocenters. The summed E-state index contributed by atoms with van der Waals surface area (Å²) in [5.74, 6) is 1.57. The highest BCUT2D eigenvalue weighted by molar-refractivity contribution is 5.73. The minimum atomic E-state index is -0.839. The van der Waals surface area contributed by atoms with Crippen LogP contribution in [0.25, 0.3) is 11.3 Å². The van der Waals surface area contributed by atoms with Gasteiger partial charge in [0.1, 0.15) is 17.6 Å². The van der Waals surface area contributed by atoms with E-state index in [1.807, 2.05) is 24.1 Å². The van der Waals surface area contributed by atoms with E-state index in [0.717, 1.165) is 48.2 Å². The van der Waals surface area contributed by atoms with Crippen LogP contribution in [0.4, 0.5) is 10.2 Å². The van der Waals surface area contributed by atoms with Gasteiger partial charge in [-0.1, -0.05) is 6.07 Å². The van der Waals surface area contributed by atoms with Crippen LogP contribution in [0.3, 0.4) is 0 Å². The van der Waals surface area contributed by atoms with Crippen LogP contribution in [0.15, 0.2) is 18.2 Å². The molecule has 164 valence electrons. The lowest BCUT2D eigenvalue weighted by atomic mass is 9.93. The molecule has 7 heteroatoms. The lowest BCUT2D eigenvalue weighted by Gasteiger charge is -2.34. The number of phenols is 1. The third-order valence-corrected chi connectivity index (χ3v) is 7.23. The van der Waals surface area contributed by atoms with Crippen molar-refractivity contribution in [3.8, 4) is 17.0 Å². The third-order valence-electron chi connectivity index (χ3n) is 7.23. The normalized spacial score (nSPS) is 30.3. The van der Waals surface area contributed by atoms with Gasteiger partial charge in [0, 0.05) is 43.1 Å². The van der Waals surface area contributed by atoms with E-state index in [4.69, 9.17) is 4.74 Å². The van der Waals surface area contributed by atoms with E-state index in [-0.39, 0.29) is 24.0 Å². The van der Waals surface area contributed by atoms with Crippen molar-refractivity contribution in [3.05, 3.63) is 34.9 Å². The molecule has 3 aliphatic heterocycles. The number of ether oxygens (including phenoxy) is 1. The molecule has 4 aliphatic rings. The Labute approximate surface area is 181 Å². The number of aromatic nitrogens is 2. The van der Waals surface area contributed by atoms with Gasteiger partial charge in [0.25, 0.3) is 0 Å². The number of halogens is 1. The molecule has 2 aromatic rings. The summed E-state index contributed by atoms with van der Waals surface area (Å²) in [6, 6.07) is 5.98. The van der Waals surface area contributed by atoms with Gasteiger partial charge in [-0.15, -0.1) is 10.2 Å². The number of alkyl halides is 1. The predicted molar refractivity (Wildman–Crippen MR) is 116 cm³/mol. The van der Waals surface area contributed by atoms with Crippen molar-refractivity contribution in [2.45, 2.75) is 68.9 Å². The molecule has 2 bridgehead atoms. The largest absolute Gasteiger partial charge is 0.507 e. The number of phenolic OH excluding ortho intramolecular Hbond substituents is 1. The summed E-state index contributed by atoms with van der Waals surface area (Å²) in [6.45, 7) is 1.25. The van der Waals surface area contributed by atoms with Crippen LogP contribution >= 0.6 is 0 Å².